The third-order valence-electron chi connectivity index (χ3n) is 2.46. The predicted molar refractivity (Wildman–Crippen MR) is 68.0 cm³/mol. The number of rotatable bonds is 3. The quantitative estimate of drug-likeness (QED) is 0.819. The number of carbonyl (C=O) groups is 1. The number of anilines is 1. The lowest BCUT2D eigenvalue weighted by molar-refractivity contribution is 0.0783. The third-order valence-corrected chi connectivity index (χ3v) is 2.77. The van der Waals surface area contributed by atoms with Crippen LogP contribution in [0.15, 0.2) is 24.5 Å². The monoisotopic (exact) mass is 265 g/mol. The van der Waals surface area contributed by atoms with Crippen LogP contribution in [-0.4, -0.2) is 33.0 Å². The van der Waals surface area contributed by atoms with Crippen LogP contribution in [0, 0.1) is 0 Å². The molecule has 2 rings (SSSR count). The van der Waals surface area contributed by atoms with Gasteiger partial charge in [-0.25, -0.2) is 4.98 Å². The molecule has 0 fully saturated rings. The molecule has 6 nitrogen and oxygen atoms in total. The van der Waals surface area contributed by atoms with Gasteiger partial charge in [-0.2, -0.15) is 5.10 Å². The van der Waals surface area contributed by atoms with Crippen LogP contribution in [0.1, 0.15) is 16.2 Å². The lowest BCUT2D eigenvalue weighted by Crippen LogP contribution is -2.27. The summed E-state index contributed by atoms with van der Waals surface area (Å²) in [5.41, 5.74) is 6.43. The molecule has 1 aromatic heterocycles. The number of carbonyl (C=O) groups excluding carboxylic acids is 1. The number of nitrogens with one attached hydrogen (secondary N) is 1. The maximum Gasteiger partial charge on any atom is 0.257 e. The Labute approximate surface area is 109 Å². The third kappa shape index (κ3) is 2.43. The molecule has 1 amide bonds. The van der Waals surface area contributed by atoms with E-state index in [1.165, 1.54) is 11.2 Å². The van der Waals surface area contributed by atoms with E-state index in [2.05, 4.69) is 15.2 Å². The van der Waals surface area contributed by atoms with Crippen molar-refractivity contribution in [2.75, 3.05) is 12.8 Å². The van der Waals surface area contributed by atoms with Gasteiger partial charge in [-0.15, -0.1) is 0 Å². The molecule has 2 aromatic rings. The van der Waals surface area contributed by atoms with Crippen molar-refractivity contribution in [3.63, 3.8) is 0 Å². The Hall–Kier alpha value is -2.08. The molecule has 0 aliphatic carbocycles. The van der Waals surface area contributed by atoms with Crippen molar-refractivity contribution >= 4 is 23.2 Å². The summed E-state index contributed by atoms with van der Waals surface area (Å²) < 4.78 is 0. The van der Waals surface area contributed by atoms with Gasteiger partial charge in [-0.05, 0) is 12.1 Å². The normalized spacial score (nSPS) is 10.3. The predicted octanol–water partition coefficient (Wildman–Crippen LogP) is 1.31. The number of hydrogen-bond acceptors (Lipinski definition) is 4. The van der Waals surface area contributed by atoms with Gasteiger partial charge in [0.25, 0.3) is 5.91 Å². The van der Waals surface area contributed by atoms with E-state index >= 15 is 0 Å². The van der Waals surface area contributed by atoms with E-state index < -0.39 is 0 Å². The number of amides is 1. The highest BCUT2D eigenvalue weighted by atomic mass is 35.5. The highest BCUT2D eigenvalue weighted by molar-refractivity contribution is 6.34. The summed E-state index contributed by atoms with van der Waals surface area (Å²) in [6.07, 6.45) is 1.39. The van der Waals surface area contributed by atoms with E-state index in [1.54, 1.807) is 25.2 Å². The molecule has 0 atom stereocenters. The zero-order valence-electron chi connectivity index (χ0n) is 9.72. The molecule has 0 bridgehead atoms. The number of aromatic amines is 1. The Kier molecular flexibility index (Phi) is 3.47. The number of benzene rings is 1. The van der Waals surface area contributed by atoms with E-state index in [9.17, 15) is 4.79 Å². The molecule has 3 N–H and O–H groups in total. The van der Waals surface area contributed by atoms with Crippen LogP contribution in [0.25, 0.3) is 0 Å². The van der Waals surface area contributed by atoms with Crippen LogP contribution in [-0.2, 0) is 6.54 Å². The Morgan fingerprint density at radius 3 is 2.94 bits per heavy atom. The highest BCUT2D eigenvalue weighted by Gasteiger charge is 2.18. The van der Waals surface area contributed by atoms with Gasteiger partial charge in [0.1, 0.15) is 12.2 Å². The molecule has 1 heterocycles. The minimum Gasteiger partial charge on any atom is -0.398 e. The van der Waals surface area contributed by atoms with Gasteiger partial charge in [0, 0.05) is 12.7 Å². The molecule has 18 heavy (non-hydrogen) atoms. The van der Waals surface area contributed by atoms with E-state index in [0.29, 0.717) is 28.6 Å². The number of halogens is 1. The van der Waals surface area contributed by atoms with E-state index in [0.717, 1.165) is 0 Å². The van der Waals surface area contributed by atoms with E-state index in [1.807, 2.05) is 0 Å². The summed E-state index contributed by atoms with van der Waals surface area (Å²) in [7, 11) is 1.65. The van der Waals surface area contributed by atoms with Crippen LogP contribution in [0.3, 0.4) is 0 Å². The van der Waals surface area contributed by atoms with Crippen molar-refractivity contribution in [2.45, 2.75) is 6.54 Å². The van der Waals surface area contributed by atoms with Crippen LogP contribution in [0.5, 0.6) is 0 Å². The van der Waals surface area contributed by atoms with Crippen molar-refractivity contribution in [3.8, 4) is 0 Å². The first-order valence-electron chi connectivity index (χ1n) is 5.23. The topological polar surface area (TPSA) is 87.9 Å². The molecule has 0 spiro atoms. The number of nitrogens with two attached hydrogens (primary N) is 1. The average molecular weight is 266 g/mol. The number of nitrogen functional groups attached to an aromatic ring is 1. The standard InChI is InChI=1S/C11H12ClN5O/c1-17(5-9-14-6-15-16-9)11(18)10-7(12)3-2-4-8(10)13/h2-4,6H,5,13H2,1H3,(H,14,15,16). The first kappa shape index (κ1) is 12.4. The molecule has 1 aromatic carbocycles. The molecule has 0 radical (unpaired) electrons. The maximum absolute atomic E-state index is 12.2. The molecule has 0 saturated carbocycles. The van der Waals surface area contributed by atoms with Gasteiger partial charge < -0.3 is 10.6 Å². The summed E-state index contributed by atoms with van der Waals surface area (Å²) in [6, 6.07) is 4.97. The molecule has 0 saturated heterocycles. The first-order chi connectivity index (χ1) is 8.59. The Morgan fingerprint density at radius 2 is 2.33 bits per heavy atom. The molecule has 94 valence electrons. The molecular weight excluding hydrogens is 254 g/mol. The second kappa shape index (κ2) is 5.05. The van der Waals surface area contributed by atoms with Gasteiger partial charge in [-0.1, -0.05) is 17.7 Å². The van der Waals surface area contributed by atoms with E-state index in [-0.39, 0.29) is 5.91 Å². The fourth-order valence-electron chi connectivity index (χ4n) is 1.56. The number of nitrogens with zero attached hydrogens (tertiary/aromatic N) is 3. The molecule has 0 aliphatic rings. The van der Waals surface area contributed by atoms with Crippen molar-refractivity contribution in [2.24, 2.45) is 0 Å². The zero-order valence-corrected chi connectivity index (χ0v) is 10.5. The summed E-state index contributed by atoms with van der Waals surface area (Å²) in [5, 5.41) is 6.74. The highest BCUT2D eigenvalue weighted by Crippen LogP contribution is 2.23. The smallest absolute Gasteiger partial charge is 0.257 e. The van der Waals surface area contributed by atoms with Gasteiger partial charge in [0.15, 0.2) is 0 Å². The number of hydrogen-bond donors (Lipinski definition) is 2. The van der Waals surface area contributed by atoms with E-state index in [4.69, 9.17) is 17.3 Å². The van der Waals surface area contributed by atoms with Crippen molar-refractivity contribution < 1.29 is 4.79 Å². The minimum atomic E-state index is -0.255. The number of aromatic nitrogens is 3. The fourth-order valence-corrected chi connectivity index (χ4v) is 1.82. The average Bonchev–Trinajstić information content (AvgIpc) is 2.81. The first-order valence-corrected chi connectivity index (χ1v) is 5.61. The Morgan fingerprint density at radius 1 is 1.56 bits per heavy atom. The van der Waals surface area contributed by atoms with Gasteiger partial charge in [0.2, 0.25) is 0 Å². The van der Waals surface area contributed by atoms with Crippen molar-refractivity contribution in [3.05, 3.63) is 40.9 Å². The second-order valence-corrected chi connectivity index (χ2v) is 4.20. The zero-order chi connectivity index (χ0) is 13.1. The molecule has 0 unspecified atom stereocenters. The maximum atomic E-state index is 12.2. The summed E-state index contributed by atoms with van der Waals surface area (Å²) in [4.78, 5) is 17.6. The Bertz CT molecular complexity index is 534. The number of H-pyrrole nitrogens is 1. The van der Waals surface area contributed by atoms with Crippen molar-refractivity contribution in [1.29, 1.82) is 0 Å². The molecule has 0 aliphatic heterocycles. The summed E-state index contributed by atoms with van der Waals surface area (Å²) in [6.45, 7) is 0.309. The summed E-state index contributed by atoms with van der Waals surface area (Å²) >= 11 is 5.99. The van der Waals surface area contributed by atoms with Gasteiger partial charge in [-0.3, -0.25) is 9.89 Å². The Balaban J connectivity index is 2.21. The van der Waals surface area contributed by atoms with Gasteiger partial charge in [0.05, 0.1) is 17.1 Å². The van der Waals surface area contributed by atoms with Crippen LogP contribution in [0.2, 0.25) is 5.02 Å². The largest absolute Gasteiger partial charge is 0.398 e. The lowest BCUT2D eigenvalue weighted by atomic mass is 10.1. The SMILES string of the molecule is CN(Cc1ncn[nH]1)C(=O)c1c(N)cccc1Cl. The van der Waals surface area contributed by atoms with Crippen molar-refractivity contribution in [1.82, 2.24) is 20.1 Å². The van der Waals surface area contributed by atoms with Crippen LogP contribution < -0.4 is 5.73 Å². The second-order valence-electron chi connectivity index (χ2n) is 3.80. The lowest BCUT2D eigenvalue weighted by Gasteiger charge is -2.17. The minimum absolute atomic E-state index is 0.255. The van der Waals surface area contributed by atoms with Crippen LogP contribution in [0.4, 0.5) is 5.69 Å². The van der Waals surface area contributed by atoms with Crippen LogP contribution >= 0.6 is 11.6 Å². The molecule has 7 heteroatoms. The summed E-state index contributed by atoms with van der Waals surface area (Å²) in [5.74, 6) is 0.339. The molecular formula is C11H12ClN5O. The fraction of sp³-hybridized carbons (Fsp3) is 0.182. The van der Waals surface area contributed by atoms with Gasteiger partial charge >= 0.3 is 0 Å².